The molecule has 2 atom stereocenters. The average molecular weight is 394 g/mol. The molecule has 2 aromatic heterocycles. The normalized spacial score (nSPS) is 20.5. The van der Waals surface area contributed by atoms with Gasteiger partial charge in [-0.05, 0) is 25.1 Å². The van der Waals surface area contributed by atoms with Crippen LogP contribution in [0.2, 0.25) is 0 Å². The summed E-state index contributed by atoms with van der Waals surface area (Å²) < 4.78 is 29.4. The smallest absolute Gasteiger partial charge is 0.299 e. The molecule has 1 aliphatic heterocycles. The highest BCUT2D eigenvalue weighted by Gasteiger charge is 2.37. The molecule has 8 nitrogen and oxygen atoms in total. The van der Waals surface area contributed by atoms with E-state index < -0.39 is 9.84 Å². The third kappa shape index (κ3) is 2.74. The van der Waals surface area contributed by atoms with Gasteiger partial charge in [-0.15, -0.1) is 0 Å². The molecule has 26 heavy (non-hydrogen) atoms. The van der Waals surface area contributed by atoms with Crippen molar-refractivity contribution in [2.45, 2.75) is 30.3 Å². The molecule has 4 rings (SSSR count). The van der Waals surface area contributed by atoms with Crippen LogP contribution < -0.4 is 10.6 Å². The van der Waals surface area contributed by atoms with Crippen LogP contribution in [0.25, 0.3) is 11.1 Å². The minimum atomic E-state index is -3.33. The van der Waals surface area contributed by atoms with Gasteiger partial charge < -0.3 is 20.2 Å². The Morgan fingerprint density at radius 2 is 2.19 bits per heavy atom. The van der Waals surface area contributed by atoms with E-state index in [0.29, 0.717) is 28.7 Å². The van der Waals surface area contributed by atoms with Crippen LogP contribution in [-0.2, 0) is 16.3 Å². The zero-order valence-corrected chi connectivity index (χ0v) is 15.8. The summed E-state index contributed by atoms with van der Waals surface area (Å²) in [6.07, 6.45) is 1.69. The fraction of sp³-hybridized carbons (Fsp3) is 0.375. The Balaban J connectivity index is 1.80. The number of nitrogen functional groups attached to an aromatic ring is 1. The van der Waals surface area contributed by atoms with Gasteiger partial charge in [-0.2, -0.15) is 4.98 Å². The van der Waals surface area contributed by atoms with Gasteiger partial charge in [0, 0.05) is 12.7 Å². The van der Waals surface area contributed by atoms with Crippen molar-refractivity contribution in [2.75, 3.05) is 23.5 Å². The Hall–Kier alpha value is -2.17. The lowest BCUT2D eigenvalue weighted by molar-refractivity contribution is 0.242. The van der Waals surface area contributed by atoms with E-state index in [1.54, 1.807) is 6.07 Å². The van der Waals surface area contributed by atoms with Crippen molar-refractivity contribution in [3.8, 4) is 0 Å². The maximum Gasteiger partial charge on any atom is 0.299 e. The molecule has 10 heteroatoms. The monoisotopic (exact) mass is 394 g/mol. The fourth-order valence-corrected chi connectivity index (χ4v) is 4.88. The summed E-state index contributed by atoms with van der Waals surface area (Å²) in [5.74, 6) is 0. The molecular formula is C16H18N4O4S2. The van der Waals surface area contributed by atoms with Gasteiger partial charge in [-0.3, -0.25) is 0 Å². The van der Waals surface area contributed by atoms with E-state index in [1.165, 1.54) is 23.5 Å². The van der Waals surface area contributed by atoms with Crippen LogP contribution in [0.5, 0.6) is 0 Å². The number of oxazole rings is 1. The molecule has 0 aliphatic carbocycles. The first kappa shape index (κ1) is 17.3. The second-order valence-corrected chi connectivity index (χ2v) is 9.46. The van der Waals surface area contributed by atoms with Crippen molar-refractivity contribution in [1.29, 1.82) is 0 Å². The standard InChI is InChI=1S/C16H18N4O4S2/c1-8-14-12(18-15(17)25-14)5-9(7-21)20(8)16-19-11-6-10(26(2,22)23)3-4-13(11)24-16/h3-4,6,8-9,21H,5,7H2,1-2H3,(H2,17,18)/t8-,9-/m0/s1. The highest BCUT2D eigenvalue weighted by molar-refractivity contribution is 7.90. The number of aromatic nitrogens is 2. The molecule has 0 bridgehead atoms. The summed E-state index contributed by atoms with van der Waals surface area (Å²) in [5, 5.41) is 10.3. The van der Waals surface area contributed by atoms with Crippen LogP contribution in [0.4, 0.5) is 11.1 Å². The van der Waals surface area contributed by atoms with Crippen molar-refractivity contribution in [2.24, 2.45) is 0 Å². The van der Waals surface area contributed by atoms with Crippen LogP contribution >= 0.6 is 11.3 Å². The summed E-state index contributed by atoms with van der Waals surface area (Å²) in [6.45, 7) is 1.89. The Bertz CT molecular complexity index is 1090. The number of benzene rings is 1. The van der Waals surface area contributed by atoms with Crippen LogP contribution in [0.3, 0.4) is 0 Å². The van der Waals surface area contributed by atoms with Crippen molar-refractivity contribution >= 4 is 43.4 Å². The third-order valence-corrected chi connectivity index (χ3v) is 6.78. The maximum atomic E-state index is 11.8. The zero-order chi connectivity index (χ0) is 18.6. The number of aliphatic hydroxyl groups is 1. The Morgan fingerprint density at radius 3 is 2.88 bits per heavy atom. The first-order valence-corrected chi connectivity index (χ1v) is 10.7. The second kappa shape index (κ2) is 5.93. The fourth-order valence-electron chi connectivity index (χ4n) is 3.33. The first-order valence-electron chi connectivity index (χ1n) is 8.03. The van der Waals surface area contributed by atoms with Gasteiger partial charge in [0.15, 0.2) is 20.6 Å². The molecule has 1 aliphatic rings. The van der Waals surface area contributed by atoms with Crippen LogP contribution in [0.1, 0.15) is 23.5 Å². The molecule has 0 spiro atoms. The molecule has 0 unspecified atom stereocenters. The summed E-state index contributed by atoms with van der Waals surface area (Å²) >= 11 is 1.42. The van der Waals surface area contributed by atoms with E-state index in [4.69, 9.17) is 10.2 Å². The molecule has 3 heterocycles. The van der Waals surface area contributed by atoms with Gasteiger partial charge in [-0.25, -0.2) is 13.4 Å². The number of nitrogens with zero attached hydrogens (tertiary/aromatic N) is 3. The lowest BCUT2D eigenvalue weighted by Gasteiger charge is -2.37. The highest BCUT2D eigenvalue weighted by Crippen LogP contribution is 2.40. The van der Waals surface area contributed by atoms with Gasteiger partial charge in [0.25, 0.3) is 6.01 Å². The molecule has 0 amide bonds. The molecule has 0 saturated carbocycles. The lowest BCUT2D eigenvalue weighted by Crippen LogP contribution is -2.45. The Morgan fingerprint density at radius 1 is 1.42 bits per heavy atom. The quantitative estimate of drug-likeness (QED) is 0.689. The van der Waals surface area contributed by atoms with E-state index in [9.17, 15) is 13.5 Å². The van der Waals surface area contributed by atoms with Crippen LogP contribution in [-0.4, -0.2) is 42.4 Å². The highest BCUT2D eigenvalue weighted by atomic mass is 32.2. The number of thiazole rings is 1. The summed E-state index contributed by atoms with van der Waals surface area (Å²) in [4.78, 5) is 11.9. The number of fused-ring (bicyclic) bond motifs is 2. The second-order valence-electron chi connectivity index (χ2n) is 6.38. The summed E-state index contributed by atoms with van der Waals surface area (Å²) in [7, 11) is -3.33. The Labute approximate surface area is 154 Å². The number of aliphatic hydroxyl groups excluding tert-OH is 1. The minimum absolute atomic E-state index is 0.0888. The SMILES string of the molecule is C[C@H]1c2sc(N)nc2C[C@@H](CO)N1c1nc2cc(S(C)(=O)=O)ccc2o1. The van der Waals surface area contributed by atoms with Gasteiger partial charge in [0.05, 0.1) is 34.2 Å². The van der Waals surface area contributed by atoms with E-state index in [0.717, 1.165) is 16.8 Å². The van der Waals surface area contributed by atoms with Crippen molar-refractivity contribution in [3.63, 3.8) is 0 Å². The third-order valence-electron chi connectivity index (χ3n) is 4.57. The van der Waals surface area contributed by atoms with E-state index >= 15 is 0 Å². The summed E-state index contributed by atoms with van der Waals surface area (Å²) in [5.41, 5.74) is 7.69. The van der Waals surface area contributed by atoms with Gasteiger partial charge in [0.2, 0.25) is 0 Å². The lowest BCUT2D eigenvalue weighted by atomic mass is 10.00. The number of hydrogen-bond donors (Lipinski definition) is 2. The Kier molecular flexibility index (Phi) is 3.94. The van der Waals surface area contributed by atoms with E-state index in [-0.39, 0.29) is 23.6 Å². The zero-order valence-electron chi connectivity index (χ0n) is 14.2. The predicted molar refractivity (Wildman–Crippen MR) is 99.1 cm³/mol. The molecule has 1 aromatic carbocycles. The van der Waals surface area contributed by atoms with Crippen molar-refractivity contribution in [3.05, 3.63) is 28.8 Å². The van der Waals surface area contributed by atoms with Crippen LogP contribution in [0, 0.1) is 0 Å². The van der Waals surface area contributed by atoms with Crippen molar-refractivity contribution in [1.82, 2.24) is 9.97 Å². The number of hydrogen-bond acceptors (Lipinski definition) is 9. The van der Waals surface area contributed by atoms with E-state index in [2.05, 4.69) is 9.97 Å². The topological polar surface area (TPSA) is 123 Å². The van der Waals surface area contributed by atoms with Crippen LogP contribution in [0.15, 0.2) is 27.5 Å². The van der Waals surface area contributed by atoms with Gasteiger partial charge in [-0.1, -0.05) is 11.3 Å². The molecule has 0 radical (unpaired) electrons. The number of sulfone groups is 1. The van der Waals surface area contributed by atoms with Crippen molar-refractivity contribution < 1.29 is 17.9 Å². The average Bonchev–Trinajstić information content (AvgIpc) is 3.15. The first-order chi connectivity index (χ1) is 12.3. The van der Waals surface area contributed by atoms with Gasteiger partial charge >= 0.3 is 0 Å². The largest absolute Gasteiger partial charge is 0.423 e. The molecule has 0 fully saturated rings. The van der Waals surface area contributed by atoms with E-state index in [1.807, 2.05) is 11.8 Å². The molecule has 3 N–H and O–H groups in total. The number of rotatable bonds is 3. The van der Waals surface area contributed by atoms with Gasteiger partial charge in [0.1, 0.15) is 5.52 Å². The predicted octanol–water partition coefficient (Wildman–Crippen LogP) is 1.75. The minimum Gasteiger partial charge on any atom is -0.423 e. The summed E-state index contributed by atoms with van der Waals surface area (Å²) in [6, 6.07) is 4.57. The maximum absolute atomic E-state index is 11.8. The molecule has 0 saturated heterocycles. The number of anilines is 2. The molecule has 138 valence electrons. The molecule has 3 aromatic rings. The number of nitrogens with two attached hydrogens (primary N) is 1. The molecular weight excluding hydrogens is 376 g/mol.